The summed E-state index contributed by atoms with van der Waals surface area (Å²) in [6.45, 7) is 6.32. The molecule has 140 valence electrons. The van der Waals surface area contributed by atoms with E-state index in [2.05, 4.69) is 20.7 Å². The van der Waals surface area contributed by atoms with Crippen LogP contribution in [-0.4, -0.2) is 44.1 Å². The quantitative estimate of drug-likeness (QED) is 0.740. The van der Waals surface area contributed by atoms with Crippen LogP contribution in [0.2, 0.25) is 0 Å². The Bertz CT molecular complexity index is 698. The molecule has 0 saturated carbocycles. The third kappa shape index (κ3) is 5.97. The second-order valence-electron chi connectivity index (χ2n) is 7.16. The minimum absolute atomic E-state index is 0.228. The maximum absolute atomic E-state index is 12.5. The van der Waals surface area contributed by atoms with Gasteiger partial charge in [-0.25, -0.2) is 17.9 Å². The van der Waals surface area contributed by atoms with Gasteiger partial charge in [0.15, 0.2) is 0 Å². The standard InChI is InChI=1S/C17H25BrN2O4S/c1-17(2,3)24-16(21)20-10-4-5-14(12-20)19-25(22,23)15-8-6-13(11-18)7-9-15/h6-9,14,19H,4-5,10-12H2,1-3H3/t14-/m1/s1. The van der Waals surface area contributed by atoms with Crippen LogP contribution >= 0.6 is 15.9 Å². The first-order chi connectivity index (χ1) is 11.6. The zero-order valence-corrected chi connectivity index (χ0v) is 17.2. The first-order valence-corrected chi connectivity index (χ1v) is 10.9. The summed E-state index contributed by atoms with van der Waals surface area (Å²) in [5, 5.41) is 0.675. The summed E-state index contributed by atoms with van der Waals surface area (Å²) in [5.74, 6) is 0. The molecule has 25 heavy (non-hydrogen) atoms. The Morgan fingerprint density at radius 3 is 2.52 bits per heavy atom. The summed E-state index contributed by atoms with van der Waals surface area (Å²) in [5.41, 5.74) is 0.438. The van der Waals surface area contributed by atoms with Gasteiger partial charge in [-0.3, -0.25) is 0 Å². The van der Waals surface area contributed by atoms with E-state index in [0.29, 0.717) is 24.8 Å². The number of sulfonamides is 1. The maximum atomic E-state index is 12.5. The van der Waals surface area contributed by atoms with Gasteiger partial charge in [0.2, 0.25) is 10.0 Å². The number of nitrogens with one attached hydrogen (secondary N) is 1. The number of nitrogens with zero attached hydrogens (tertiary/aromatic N) is 1. The third-order valence-corrected chi connectivity index (χ3v) is 5.97. The molecular formula is C17H25BrN2O4S. The Morgan fingerprint density at radius 2 is 1.96 bits per heavy atom. The van der Waals surface area contributed by atoms with Crippen molar-refractivity contribution in [2.24, 2.45) is 0 Å². The van der Waals surface area contributed by atoms with E-state index < -0.39 is 21.7 Å². The number of hydrogen-bond donors (Lipinski definition) is 1. The number of amides is 1. The molecule has 1 N–H and O–H groups in total. The molecule has 0 aliphatic carbocycles. The first kappa shape index (κ1) is 20.2. The first-order valence-electron chi connectivity index (χ1n) is 8.26. The van der Waals surface area contributed by atoms with E-state index in [1.54, 1.807) is 29.2 Å². The number of carbonyl (C=O) groups excluding carboxylic acids is 1. The van der Waals surface area contributed by atoms with Gasteiger partial charge in [0.1, 0.15) is 5.60 Å². The van der Waals surface area contributed by atoms with Gasteiger partial charge < -0.3 is 9.64 Å². The summed E-state index contributed by atoms with van der Waals surface area (Å²) in [4.78, 5) is 14.0. The molecule has 1 aliphatic rings. The van der Waals surface area contributed by atoms with Gasteiger partial charge in [0.25, 0.3) is 0 Å². The summed E-state index contributed by atoms with van der Waals surface area (Å²) in [6, 6.07) is 6.41. The number of halogens is 1. The molecule has 1 fully saturated rings. The molecule has 1 heterocycles. The summed E-state index contributed by atoms with van der Waals surface area (Å²) in [7, 11) is -3.61. The van der Waals surface area contributed by atoms with E-state index in [1.807, 2.05) is 20.8 Å². The van der Waals surface area contributed by atoms with E-state index in [9.17, 15) is 13.2 Å². The third-order valence-electron chi connectivity index (χ3n) is 3.78. The minimum atomic E-state index is -3.61. The van der Waals surface area contributed by atoms with Crippen molar-refractivity contribution in [3.8, 4) is 0 Å². The van der Waals surface area contributed by atoms with Gasteiger partial charge in [-0.2, -0.15) is 0 Å². The number of benzene rings is 1. The number of ether oxygens (including phenoxy) is 1. The molecule has 1 amide bonds. The van der Waals surface area contributed by atoms with Crippen LogP contribution in [0.15, 0.2) is 29.2 Å². The van der Waals surface area contributed by atoms with Gasteiger partial charge in [-0.05, 0) is 51.3 Å². The highest BCUT2D eigenvalue weighted by molar-refractivity contribution is 9.08. The summed E-state index contributed by atoms with van der Waals surface area (Å²) >= 11 is 3.34. The van der Waals surface area contributed by atoms with Crippen LogP contribution in [0.4, 0.5) is 4.79 Å². The van der Waals surface area contributed by atoms with Gasteiger partial charge in [-0.1, -0.05) is 28.1 Å². The van der Waals surface area contributed by atoms with Crippen molar-refractivity contribution in [1.82, 2.24) is 9.62 Å². The monoisotopic (exact) mass is 432 g/mol. The van der Waals surface area contributed by atoms with Crippen molar-refractivity contribution >= 4 is 32.0 Å². The molecule has 1 atom stereocenters. The Morgan fingerprint density at radius 1 is 1.32 bits per heavy atom. The lowest BCUT2D eigenvalue weighted by Crippen LogP contribution is -2.50. The molecule has 1 aromatic carbocycles. The average molecular weight is 433 g/mol. The van der Waals surface area contributed by atoms with E-state index >= 15 is 0 Å². The fourth-order valence-electron chi connectivity index (χ4n) is 2.61. The summed E-state index contributed by atoms with van der Waals surface area (Å²) in [6.07, 6.45) is 1.02. The number of carbonyl (C=O) groups is 1. The number of alkyl halides is 1. The fourth-order valence-corrected chi connectivity index (χ4v) is 4.25. The number of rotatable bonds is 4. The normalized spacial score (nSPS) is 18.9. The van der Waals surface area contributed by atoms with Crippen molar-refractivity contribution in [2.45, 2.75) is 55.5 Å². The SMILES string of the molecule is CC(C)(C)OC(=O)N1CCC[C@@H](NS(=O)(=O)c2ccc(CBr)cc2)C1. The lowest BCUT2D eigenvalue weighted by Gasteiger charge is -2.34. The Kier molecular flexibility index (Phi) is 6.51. The Hall–Kier alpha value is -1.12. The zero-order valence-electron chi connectivity index (χ0n) is 14.8. The lowest BCUT2D eigenvalue weighted by atomic mass is 10.1. The van der Waals surface area contributed by atoms with Crippen LogP contribution in [0.5, 0.6) is 0 Å². The molecule has 1 aliphatic heterocycles. The van der Waals surface area contributed by atoms with Gasteiger partial charge in [-0.15, -0.1) is 0 Å². The van der Waals surface area contributed by atoms with Crippen molar-refractivity contribution in [3.63, 3.8) is 0 Å². The van der Waals surface area contributed by atoms with Crippen LogP contribution in [0.3, 0.4) is 0 Å². The van der Waals surface area contributed by atoms with E-state index in [0.717, 1.165) is 12.0 Å². The molecule has 0 aromatic heterocycles. The minimum Gasteiger partial charge on any atom is -0.444 e. The Labute approximate surface area is 158 Å². The van der Waals surface area contributed by atoms with Crippen molar-refractivity contribution in [2.75, 3.05) is 13.1 Å². The predicted molar refractivity (Wildman–Crippen MR) is 100 cm³/mol. The van der Waals surface area contributed by atoms with Crippen LogP contribution < -0.4 is 4.72 Å². The molecule has 8 heteroatoms. The van der Waals surface area contributed by atoms with E-state index in [-0.39, 0.29) is 10.9 Å². The van der Waals surface area contributed by atoms with Gasteiger partial charge >= 0.3 is 6.09 Å². The lowest BCUT2D eigenvalue weighted by molar-refractivity contribution is 0.0195. The second-order valence-corrected chi connectivity index (χ2v) is 9.44. The second kappa shape index (κ2) is 8.05. The Balaban J connectivity index is 2.02. The van der Waals surface area contributed by atoms with Crippen molar-refractivity contribution in [1.29, 1.82) is 0 Å². The van der Waals surface area contributed by atoms with Crippen molar-refractivity contribution in [3.05, 3.63) is 29.8 Å². The fraction of sp³-hybridized carbons (Fsp3) is 0.588. The molecule has 0 bridgehead atoms. The summed E-state index contributed by atoms with van der Waals surface area (Å²) < 4.78 is 33.2. The highest BCUT2D eigenvalue weighted by Crippen LogP contribution is 2.18. The molecule has 6 nitrogen and oxygen atoms in total. The number of piperidine rings is 1. The molecule has 1 saturated heterocycles. The smallest absolute Gasteiger partial charge is 0.410 e. The van der Waals surface area contributed by atoms with Crippen LogP contribution in [0.1, 0.15) is 39.2 Å². The topological polar surface area (TPSA) is 75.7 Å². The molecule has 2 rings (SSSR count). The molecule has 1 aromatic rings. The van der Waals surface area contributed by atoms with Gasteiger partial charge in [0.05, 0.1) is 4.90 Å². The van der Waals surface area contributed by atoms with Crippen LogP contribution in [0, 0.1) is 0 Å². The molecule has 0 radical (unpaired) electrons. The molecule has 0 spiro atoms. The number of likely N-dealkylation sites (tertiary alicyclic amines) is 1. The largest absolute Gasteiger partial charge is 0.444 e. The maximum Gasteiger partial charge on any atom is 0.410 e. The van der Waals surface area contributed by atoms with Crippen LogP contribution in [0.25, 0.3) is 0 Å². The predicted octanol–water partition coefficient (Wildman–Crippen LogP) is 3.26. The van der Waals surface area contributed by atoms with E-state index in [4.69, 9.17) is 4.74 Å². The highest BCUT2D eigenvalue weighted by atomic mass is 79.9. The van der Waals surface area contributed by atoms with Crippen molar-refractivity contribution < 1.29 is 17.9 Å². The van der Waals surface area contributed by atoms with Crippen LogP contribution in [-0.2, 0) is 20.1 Å². The highest BCUT2D eigenvalue weighted by Gasteiger charge is 2.30. The zero-order chi connectivity index (χ0) is 18.7. The van der Waals surface area contributed by atoms with E-state index in [1.165, 1.54) is 0 Å². The van der Waals surface area contributed by atoms with Gasteiger partial charge in [0, 0.05) is 24.5 Å². The molecule has 0 unspecified atom stereocenters. The number of hydrogen-bond acceptors (Lipinski definition) is 4. The molecular weight excluding hydrogens is 408 g/mol. The average Bonchev–Trinajstić information content (AvgIpc) is 2.53.